The third-order valence-corrected chi connectivity index (χ3v) is 4.37. The van der Waals surface area contributed by atoms with E-state index in [0.717, 1.165) is 12.5 Å². The van der Waals surface area contributed by atoms with E-state index < -0.39 is 0 Å². The Labute approximate surface area is 111 Å². The summed E-state index contributed by atoms with van der Waals surface area (Å²) >= 11 is 0. The monoisotopic (exact) mass is 246 g/mol. The predicted octanol–water partition coefficient (Wildman–Crippen LogP) is 3.74. The minimum absolute atomic E-state index is 0.580. The summed E-state index contributed by atoms with van der Waals surface area (Å²) in [6.07, 6.45) is 10.9. The lowest BCUT2D eigenvalue weighted by Crippen LogP contribution is -2.41. The van der Waals surface area contributed by atoms with Crippen LogP contribution in [0.25, 0.3) is 0 Å². The van der Waals surface area contributed by atoms with Crippen LogP contribution in [0.4, 0.5) is 0 Å². The molecule has 1 saturated carbocycles. The van der Waals surface area contributed by atoms with E-state index in [4.69, 9.17) is 0 Å². The van der Waals surface area contributed by atoms with Crippen LogP contribution in [-0.4, -0.2) is 17.6 Å². The zero-order chi connectivity index (χ0) is 12.8. The molecule has 1 aliphatic carbocycles. The van der Waals surface area contributed by atoms with Gasteiger partial charge in [0.2, 0.25) is 0 Å². The molecule has 1 fully saturated rings. The van der Waals surface area contributed by atoms with E-state index in [9.17, 15) is 0 Å². The Kier molecular flexibility index (Phi) is 5.18. The third kappa shape index (κ3) is 3.32. The summed E-state index contributed by atoms with van der Waals surface area (Å²) in [5.41, 5.74) is 1.42. The lowest BCUT2D eigenvalue weighted by atomic mass is 9.77. The summed E-state index contributed by atoms with van der Waals surface area (Å²) in [6, 6.07) is 4.95. The van der Waals surface area contributed by atoms with Crippen molar-refractivity contribution in [3.63, 3.8) is 0 Å². The number of aromatic nitrogens is 1. The van der Waals surface area contributed by atoms with Gasteiger partial charge in [-0.1, -0.05) is 33.1 Å². The Morgan fingerprint density at radius 1 is 1.22 bits per heavy atom. The van der Waals surface area contributed by atoms with Crippen LogP contribution >= 0.6 is 0 Å². The number of likely N-dealkylation sites (N-methyl/N-ethyl adjacent to an activating group) is 1. The number of nitrogens with one attached hydrogen (secondary N) is 1. The molecule has 0 radical (unpaired) electrons. The van der Waals surface area contributed by atoms with Crippen LogP contribution in [0.1, 0.15) is 57.4 Å². The first kappa shape index (κ1) is 13.5. The molecule has 1 heterocycles. The first-order valence-electron chi connectivity index (χ1n) is 7.46. The largest absolute Gasteiger partial charge is 0.313 e. The lowest BCUT2D eigenvalue weighted by Gasteiger charge is -2.35. The summed E-state index contributed by atoms with van der Waals surface area (Å²) in [5.74, 6) is 1.43. The van der Waals surface area contributed by atoms with Crippen molar-refractivity contribution >= 4 is 0 Å². The minimum Gasteiger partial charge on any atom is -0.313 e. The zero-order valence-corrected chi connectivity index (χ0v) is 11.7. The number of hydrogen-bond donors (Lipinski definition) is 1. The van der Waals surface area contributed by atoms with E-state index in [2.05, 4.69) is 36.3 Å². The van der Waals surface area contributed by atoms with Crippen LogP contribution in [0.5, 0.6) is 0 Å². The summed E-state index contributed by atoms with van der Waals surface area (Å²) in [6.45, 7) is 5.64. The first-order chi connectivity index (χ1) is 8.83. The SMILES string of the molecule is CCNC(C1CCCCC1)C(C)c1ccncc1. The van der Waals surface area contributed by atoms with Gasteiger partial charge in [-0.2, -0.15) is 0 Å². The van der Waals surface area contributed by atoms with Crippen LogP contribution in [-0.2, 0) is 0 Å². The van der Waals surface area contributed by atoms with Crippen molar-refractivity contribution in [1.29, 1.82) is 0 Å². The van der Waals surface area contributed by atoms with Crippen LogP contribution in [0.15, 0.2) is 24.5 Å². The van der Waals surface area contributed by atoms with Gasteiger partial charge in [-0.05, 0) is 48.9 Å². The molecule has 0 spiro atoms. The van der Waals surface area contributed by atoms with E-state index in [0.29, 0.717) is 12.0 Å². The van der Waals surface area contributed by atoms with Crippen molar-refractivity contribution < 1.29 is 0 Å². The molecular weight excluding hydrogens is 220 g/mol. The van der Waals surface area contributed by atoms with Gasteiger partial charge >= 0.3 is 0 Å². The quantitative estimate of drug-likeness (QED) is 0.856. The van der Waals surface area contributed by atoms with Crippen LogP contribution in [0, 0.1) is 5.92 Å². The average molecular weight is 246 g/mol. The Hall–Kier alpha value is -0.890. The molecule has 0 aliphatic heterocycles. The summed E-state index contributed by atoms with van der Waals surface area (Å²) in [7, 11) is 0. The van der Waals surface area contributed by atoms with E-state index in [-0.39, 0.29) is 0 Å². The van der Waals surface area contributed by atoms with E-state index in [1.807, 2.05) is 12.4 Å². The third-order valence-electron chi connectivity index (χ3n) is 4.37. The maximum atomic E-state index is 4.13. The maximum Gasteiger partial charge on any atom is 0.0270 e. The molecule has 1 N–H and O–H groups in total. The van der Waals surface area contributed by atoms with Crippen LogP contribution < -0.4 is 5.32 Å². The smallest absolute Gasteiger partial charge is 0.0270 e. The highest BCUT2D eigenvalue weighted by molar-refractivity contribution is 5.17. The highest BCUT2D eigenvalue weighted by Crippen LogP contribution is 2.33. The fourth-order valence-corrected chi connectivity index (χ4v) is 3.36. The number of nitrogens with zero attached hydrogens (tertiary/aromatic N) is 1. The molecule has 2 rings (SSSR count). The normalized spacial score (nSPS) is 20.6. The summed E-state index contributed by atoms with van der Waals surface area (Å²) in [4.78, 5) is 4.13. The van der Waals surface area contributed by atoms with Gasteiger partial charge in [0.15, 0.2) is 0 Å². The van der Waals surface area contributed by atoms with Gasteiger partial charge in [-0.25, -0.2) is 0 Å². The van der Waals surface area contributed by atoms with Gasteiger partial charge < -0.3 is 5.32 Å². The molecular formula is C16H26N2. The van der Waals surface area contributed by atoms with Crippen molar-refractivity contribution in [2.45, 2.75) is 57.9 Å². The van der Waals surface area contributed by atoms with Crippen molar-refractivity contribution in [1.82, 2.24) is 10.3 Å². The molecule has 2 atom stereocenters. The highest BCUT2D eigenvalue weighted by Gasteiger charge is 2.28. The molecule has 2 unspecified atom stereocenters. The second-order valence-electron chi connectivity index (χ2n) is 5.55. The van der Waals surface area contributed by atoms with Crippen molar-refractivity contribution in [3.05, 3.63) is 30.1 Å². The average Bonchev–Trinajstić information content (AvgIpc) is 2.46. The van der Waals surface area contributed by atoms with Crippen molar-refractivity contribution in [2.24, 2.45) is 5.92 Å². The Balaban J connectivity index is 2.08. The Bertz CT molecular complexity index is 330. The predicted molar refractivity (Wildman–Crippen MR) is 76.7 cm³/mol. The number of rotatable bonds is 5. The van der Waals surface area contributed by atoms with E-state index in [1.165, 1.54) is 37.7 Å². The summed E-state index contributed by atoms with van der Waals surface area (Å²) in [5, 5.41) is 3.73. The molecule has 1 aliphatic rings. The Morgan fingerprint density at radius 2 is 1.89 bits per heavy atom. The van der Waals surface area contributed by atoms with Gasteiger partial charge in [0.25, 0.3) is 0 Å². The molecule has 18 heavy (non-hydrogen) atoms. The maximum absolute atomic E-state index is 4.13. The zero-order valence-electron chi connectivity index (χ0n) is 11.7. The molecule has 100 valence electrons. The molecule has 1 aromatic heterocycles. The standard InChI is InChI=1S/C16H26N2/c1-3-18-16(15-7-5-4-6-8-15)13(2)14-9-11-17-12-10-14/h9-13,15-16,18H,3-8H2,1-2H3. The van der Waals surface area contributed by atoms with E-state index >= 15 is 0 Å². The molecule has 2 heteroatoms. The molecule has 0 amide bonds. The van der Waals surface area contributed by atoms with Crippen LogP contribution in [0.3, 0.4) is 0 Å². The van der Waals surface area contributed by atoms with Gasteiger partial charge in [0.05, 0.1) is 0 Å². The van der Waals surface area contributed by atoms with Gasteiger partial charge in [-0.15, -0.1) is 0 Å². The number of pyridine rings is 1. The summed E-state index contributed by atoms with van der Waals surface area (Å²) < 4.78 is 0. The first-order valence-corrected chi connectivity index (χ1v) is 7.46. The number of hydrogen-bond acceptors (Lipinski definition) is 2. The molecule has 0 aromatic carbocycles. The van der Waals surface area contributed by atoms with Gasteiger partial charge in [-0.3, -0.25) is 4.98 Å². The minimum atomic E-state index is 0.580. The van der Waals surface area contributed by atoms with Crippen molar-refractivity contribution in [3.8, 4) is 0 Å². The van der Waals surface area contributed by atoms with Gasteiger partial charge in [0, 0.05) is 18.4 Å². The fraction of sp³-hybridized carbons (Fsp3) is 0.688. The van der Waals surface area contributed by atoms with E-state index in [1.54, 1.807) is 0 Å². The molecule has 1 aromatic rings. The second-order valence-corrected chi connectivity index (χ2v) is 5.55. The molecule has 2 nitrogen and oxygen atoms in total. The van der Waals surface area contributed by atoms with Crippen LogP contribution in [0.2, 0.25) is 0 Å². The topological polar surface area (TPSA) is 24.9 Å². The molecule has 0 saturated heterocycles. The van der Waals surface area contributed by atoms with Crippen molar-refractivity contribution in [2.75, 3.05) is 6.54 Å². The van der Waals surface area contributed by atoms with Gasteiger partial charge in [0.1, 0.15) is 0 Å². The fourth-order valence-electron chi connectivity index (χ4n) is 3.36. The molecule has 0 bridgehead atoms. The Morgan fingerprint density at radius 3 is 2.50 bits per heavy atom. The lowest BCUT2D eigenvalue weighted by molar-refractivity contribution is 0.247. The second kappa shape index (κ2) is 6.89. The highest BCUT2D eigenvalue weighted by atomic mass is 14.9.